The summed E-state index contributed by atoms with van der Waals surface area (Å²) in [4.78, 5) is 11.1. The second kappa shape index (κ2) is 7.49. The molecule has 4 aliphatic rings. The number of aliphatic hydroxyl groups excluding tert-OH is 2. The number of carbonyl (C=O) groups is 1. The van der Waals surface area contributed by atoms with Gasteiger partial charge in [0.05, 0.1) is 19.7 Å². The number of carboxylic acids is 1. The van der Waals surface area contributed by atoms with Crippen molar-refractivity contribution in [2.45, 2.75) is 96.8 Å². The Balaban J connectivity index is 1.77. The molecule has 0 aromatic heterocycles. The molecule has 0 saturated heterocycles. The van der Waals surface area contributed by atoms with E-state index in [9.17, 15) is 22.9 Å². The summed E-state index contributed by atoms with van der Waals surface area (Å²) in [5, 5.41) is 42.5. The molecule has 166 valence electrons. The molecule has 0 spiro atoms. The van der Waals surface area contributed by atoms with Gasteiger partial charge in [-0.2, -0.15) is 0 Å². The Morgan fingerprint density at radius 3 is 2.59 bits per heavy atom. The maximum absolute atomic E-state index is 11.8. The van der Waals surface area contributed by atoms with Gasteiger partial charge in [-0.3, -0.25) is 4.79 Å². The van der Waals surface area contributed by atoms with Crippen LogP contribution in [0.4, 0.5) is 0 Å². The van der Waals surface area contributed by atoms with Crippen molar-refractivity contribution in [1.82, 2.24) is 0 Å². The van der Waals surface area contributed by atoms with Gasteiger partial charge >= 0.3 is 5.97 Å². The Bertz CT molecular complexity index is 760. The summed E-state index contributed by atoms with van der Waals surface area (Å²) in [6.07, 6.45) is -1.67. The molecule has 0 heterocycles. The van der Waals surface area contributed by atoms with Gasteiger partial charge in [0, 0.05) is 9.16 Å². The highest BCUT2D eigenvalue weighted by atomic mass is 16.4. The molecule has 4 saturated carbocycles. The predicted octanol–water partition coefficient (Wildman–Crippen LogP) is 3.45. The van der Waals surface area contributed by atoms with E-state index in [1.165, 1.54) is 0 Å². The maximum Gasteiger partial charge on any atom is 0.303 e. The maximum atomic E-state index is 11.8. The zero-order valence-electron chi connectivity index (χ0n) is 21.0. The monoisotopic (exact) mass is 411 g/mol. The van der Waals surface area contributed by atoms with E-state index in [-0.39, 0.29) is 36.0 Å². The Morgan fingerprint density at radius 1 is 1.17 bits per heavy atom. The summed E-state index contributed by atoms with van der Waals surface area (Å²) < 4.78 is 27.5. The second-order valence-electron chi connectivity index (χ2n) is 11.0. The van der Waals surface area contributed by atoms with Gasteiger partial charge in [0.1, 0.15) is 0 Å². The Hall–Kier alpha value is -0.650. The fourth-order valence-electron chi connectivity index (χ4n) is 7.95. The molecule has 0 aromatic rings. The van der Waals surface area contributed by atoms with Crippen LogP contribution in [-0.4, -0.2) is 44.7 Å². The normalized spacial score (nSPS) is 58.7. The van der Waals surface area contributed by atoms with Crippen LogP contribution in [-0.2, 0) is 4.79 Å². The van der Waals surface area contributed by atoms with Crippen LogP contribution in [0.15, 0.2) is 0 Å². The Kier molecular flexibility index (Phi) is 4.64. The smallest absolute Gasteiger partial charge is 0.303 e. The molecule has 4 rings (SSSR count). The highest BCUT2D eigenvalue weighted by Gasteiger charge is 2.65. The largest absolute Gasteiger partial charge is 0.481 e. The lowest BCUT2D eigenvalue weighted by Crippen LogP contribution is -2.62. The van der Waals surface area contributed by atoms with Gasteiger partial charge in [0.15, 0.2) is 0 Å². The van der Waals surface area contributed by atoms with Gasteiger partial charge in [0.25, 0.3) is 0 Å². The molecule has 0 aliphatic heterocycles. The predicted molar refractivity (Wildman–Crippen MR) is 110 cm³/mol. The average molecular weight is 412 g/mol. The van der Waals surface area contributed by atoms with Crippen molar-refractivity contribution in [1.29, 1.82) is 0 Å². The highest BCUT2D eigenvalue weighted by molar-refractivity contribution is 5.66. The summed E-state index contributed by atoms with van der Waals surface area (Å²) in [6, 6.07) is 0. The molecule has 4 fully saturated rings. The summed E-state index contributed by atoms with van der Waals surface area (Å²) in [5.41, 5.74) is -1.57. The van der Waals surface area contributed by atoms with Crippen molar-refractivity contribution in [2.75, 3.05) is 0 Å². The molecule has 0 radical (unpaired) electrons. The molecule has 0 bridgehead atoms. The Labute approximate surface area is 179 Å². The van der Waals surface area contributed by atoms with E-state index in [2.05, 4.69) is 0 Å². The number of fused-ring (bicyclic) bond motifs is 5. The summed E-state index contributed by atoms with van der Waals surface area (Å²) in [5.74, 6) is -2.38. The SMILES string of the molecule is [2H]C1([2H])[C@H]2[C@@H]([C@H](O)C[C@@H]3C[C@H](O)CC[C@@]32C)[C@@H]2CC[C@H]([C@H](C)CCC(=O)O)[C@@]2(C)[C@]1([2H])O. The minimum Gasteiger partial charge on any atom is -0.481 e. The van der Waals surface area contributed by atoms with E-state index in [0.29, 0.717) is 44.9 Å². The van der Waals surface area contributed by atoms with Crippen LogP contribution in [0, 0.1) is 46.3 Å². The molecular weight excluding hydrogens is 368 g/mol. The number of hydrogen-bond acceptors (Lipinski definition) is 4. The van der Waals surface area contributed by atoms with Crippen molar-refractivity contribution in [2.24, 2.45) is 46.3 Å². The molecule has 5 nitrogen and oxygen atoms in total. The fraction of sp³-hybridized carbons (Fsp3) is 0.958. The van der Waals surface area contributed by atoms with E-state index < -0.39 is 47.4 Å². The Morgan fingerprint density at radius 2 is 1.90 bits per heavy atom. The van der Waals surface area contributed by atoms with Crippen LogP contribution in [0.3, 0.4) is 0 Å². The van der Waals surface area contributed by atoms with Crippen molar-refractivity contribution >= 4 is 5.97 Å². The van der Waals surface area contributed by atoms with E-state index in [1.807, 2.05) is 20.8 Å². The minimum atomic E-state index is -2.36. The molecule has 4 N–H and O–H groups in total. The zero-order chi connectivity index (χ0) is 23.9. The second-order valence-corrected chi connectivity index (χ2v) is 11.0. The average Bonchev–Trinajstić information content (AvgIpc) is 3.04. The van der Waals surface area contributed by atoms with Gasteiger partial charge < -0.3 is 20.4 Å². The van der Waals surface area contributed by atoms with Crippen molar-refractivity contribution in [3.63, 3.8) is 0 Å². The first-order valence-corrected chi connectivity index (χ1v) is 11.5. The highest BCUT2D eigenvalue weighted by Crippen LogP contribution is 2.68. The molecule has 4 aliphatic carbocycles. The first kappa shape index (κ1) is 18.0. The summed E-state index contributed by atoms with van der Waals surface area (Å²) in [7, 11) is 0. The van der Waals surface area contributed by atoms with Crippen LogP contribution < -0.4 is 0 Å². The molecule has 11 atom stereocenters. The van der Waals surface area contributed by atoms with Crippen LogP contribution in [0.1, 0.15) is 82.6 Å². The van der Waals surface area contributed by atoms with Gasteiger partial charge in [-0.05, 0) is 97.7 Å². The van der Waals surface area contributed by atoms with Crippen molar-refractivity contribution in [3.8, 4) is 0 Å². The molecule has 0 aromatic carbocycles. The zero-order valence-corrected chi connectivity index (χ0v) is 18.0. The van der Waals surface area contributed by atoms with Gasteiger partial charge in [-0.15, -0.1) is 0 Å². The van der Waals surface area contributed by atoms with Crippen LogP contribution in [0.2, 0.25) is 0 Å². The lowest BCUT2D eigenvalue weighted by atomic mass is 9.43. The third-order valence-electron chi connectivity index (χ3n) is 9.67. The molecule has 0 unspecified atom stereocenters. The number of hydrogen-bond donors (Lipinski definition) is 4. The van der Waals surface area contributed by atoms with Crippen LogP contribution >= 0.6 is 0 Å². The third-order valence-corrected chi connectivity index (χ3v) is 9.67. The lowest BCUT2D eigenvalue weighted by molar-refractivity contribution is -0.207. The van der Waals surface area contributed by atoms with Crippen molar-refractivity contribution < 1.29 is 29.3 Å². The number of aliphatic hydroxyl groups is 3. The van der Waals surface area contributed by atoms with Gasteiger partial charge in [0.2, 0.25) is 0 Å². The van der Waals surface area contributed by atoms with E-state index in [4.69, 9.17) is 6.48 Å². The summed E-state index contributed by atoms with van der Waals surface area (Å²) in [6.45, 7) is 5.82. The van der Waals surface area contributed by atoms with Crippen LogP contribution in [0.5, 0.6) is 0 Å². The van der Waals surface area contributed by atoms with Crippen LogP contribution in [0.25, 0.3) is 0 Å². The number of rotatable bonds is 4. The van der Waals surface area contributed by atoms with E-state index >= 15 is 0 Å². The number of carboxylic acid groups (broad SMARTS) is 1. The molecular formula is C24H40O5. The molecule has 0 amide bonds. The third kappa shape index (κ3) is 3.27. The van der Waals surface area contributed by atoms with Gasteiger partial charge in [-0.1, -0.05) is 20.8 Å². The standard InChI is InChI=1S/C24H40O5/c1-13(4-7-21(28)29)16-5-6-17-22-18(12-20(27)24(16,17)3)23(2)9-8-15(25)10-14(23)11-19(22)26/h13-20,22,25-27H,4-12H2,1-3H3,(H,28,29)/t13-,14+,15-,16-,17+,18+,19-,20-,22+,23+,24-/m1/s1/i12D2,20D. The van der Waals surface area contributed by atoms with Crippen molar-refractivity contribution in [3.05, 3.63) is 0 Å². The fourth-order valence-corrected chi connectivity index (χ4v) is 7.95. The number of aliphatic carboxylic acids is 1. The quantitative estimate of drug-likeness (QED) is 0.568. The van der Waals surface area contributed by atoms with E-state index in [0.717, 1.165) is 0 Å². The lowest BCUT2D eigenvalue weighted by Gasteiger charge is -2.63. The molecule has 29 heavy (non-hydrogen) atoms. The summed E-state index contributed by atoms with van der Waals surface area (Å²) >= 11 is 0. The van der Waals surface area contributed by atoms with Gasteiger partial charge in [-0.25, -0.2) is 0 Å². The van der Waals surface area contributed by atoms with E-state index in [1.54, 1.807) is 0 Å². The first-order chi connectivity index (χ1) is 14.7. The minimum absolute atomic E-state index is 0.0124. The topological polar surface area (TPSA) is 98.0 Å². The molecule has 5 heteroatoms. The first-order valence-electron chi connectivity index (χ1n) is 13.0.